The van der Waals surface area contributed by atoms with Crippen molar-refractivity contribution in [3.05, 3.63) is 65.0 Å². The van der Waals surface area contributed by atoms with E-state index in [2.05, 4.69) is 32.0 Å². The zero-order valence-electron chi connectivity index (χ0n) is 11.2. The van der Waals surface area contributed by atoms with Gasteiger partial charge in [-0.05, 0) is 49.2 Å². The Bertz CT molecular complexity index is 551. The Hall–Kier alpha value is -1.32. The first-order chi connectivity index (χ1) is 9.06. The van der Waals surface area contributed by atoms with Crippen LogP contribution >= 0.6 is 11.8 Å². The number of benzene rings is 2. The van der Waals surface area contributed by atoms with Gasteiger partial charge in [0.1, 0.15) is 5.82 Å². The van der Waals surface area contributed by atoms with Gasteiger partial charge in [0, 0.05) is 16.7 Å². The van der Waals surface area contributed by atoms with Crippen LogP contribution in [0.25, 0.3) is 0 Å². The monoisotopic (exact) mass is 275 g/mol. The number of nitrogens with two attached hydrogens (primary N) is 1. The van der Waals surface area contributed by atoms with E-state index in [1.54, 1.807) is 23.9 Å². The summed E-state index contributed by atoms with van der Waals surface area (Å²) in [4.78, 5) is 1.04. The molecule has 0 aliphatic rings. The summed E-state index contributed by atoms with van der Waals surface area (Å²) in [6, 6.07) is 12.9. The maximum absolute atomic E-state index is 12.8. The fourth-order valence-corrected chi connectivity index (χ4v) is 2.85. The first-order valence-corrected chi connectivity index (χ1v) is 7.26. The predicted molar refractivity (Wildman–Crippen MR) is 80.0 cm³/mol. The lowest BCUT2D eigenvalue weighted by Gasteiger charge is -2.15. The zero-order valence-corrected chi connectivity index (χ0v) is 12.0. The summed E-state index contributed by atoms with van der Waals surface area (Å²) in [5.41, 5.74) is 9.88. The van der Waals surface area contributed by atoms with Crippen LogP contribution in [-0.2, 0) is 0 Å². The SMILES string of the molecule is Cc1ccc(C)c(C(N)CSc2ccc(F)cc2)c1. The quantitative estimate of drug-likeness (QED) is 0.845. The van der Waals surface area contributed by atoms with Crippen molar-refractivity contribution in [2.24, 2.45) is 5.73 Å². The van der Waals surface area contributed by atoms with Crippen molar-refractivity contribution in [2.75, 3.05) is 5.75 Å². The molecule has 2 N–H and O–H groups in total. The lowest BCUT2D eigenvalue weighted by molar-refractivity contribution is 0.626. The highest BCUT2D eigenvalue weighted by molar-refractivity contribution is 7.99. The van der Waals surface area contributed by atoms with Gasteiger partial charge in [-0.3, -0.25) is 0 Å². The van der Waals surface area contributed by atoms with Crippen molar-refractivity contribution in [1.82, 2.24) is 0 Å². The van der Waals surface area contributed by atoms with Crippen LogP contribution in [0.1, 0.15) is 22.7 Å². The maximum atomic E-state index is 12.8. The molecule has 0 aliphatic heterocycles. The molecule has 2 rings (SSSR count). The summed E-state index contributed by atoms with van der Waals surface area (Å²) in [6.45, 7) is 4.15. The van der Waals surface area contributed by atoms with E-state index in [0.717, 1.165) is 10.6 Å². The molecule has 1 unspecified atom stereocenters. The van der Waals surface area contributed by atoms with Crippen LogP contribution in [0.4, 0.5) is 4.39 Å². The maximum Gasteiger partial charge on any atom is 0.123 e. The van der Waals surface area contributed by atoms with Crippen LogP contribution in [0.2, 0.25) is 0 Å². The normalized spacial score (nSPS) is 12.4. The minimum absolute atomic E-state index is 0.00467. The second-order valence-corrected chi connectivity index (χ2v) is 5.82. The van der Waals surface area contributed by atoms with Gasteiger partial charge in [-0.2, -0.15) is 0 Å². The second kappa shape index (κ2) is 6.22. The molecular weight excluding hydrogens is 257 g/mol. The molecule has 1 nitrogen and oxygen atoms in total. The Labute approximate surface area is 118 Å². The number of rotatable bonds is 4. The molecule has 19 heavy (non-hydrogen) atoms. The largest absolute Gasteiger partial charge is 0.323 e. The molecule has 0 radical (unpaired) electrons. The molecule has 0 saturated carbocycles. The third-order valence-electron chi connectivity index (χ3n) is 3.08. The Morgan fingerprint density at radius 3 is 2.47 bits per heavy atom. The highest BCUT2D eigenvalue weighted by atomic mass is 32.2. The average molecular weight is 275 g/mol. The van der Waals surface area contributed by atoms with Gasteiger partial charge < -0.3 is 5.73 Å². The minimum atomic E-state index is -0.205. The van der Waals surface area contributed by atoms with Gasteiger partial charge in [-0.1, -0.05) is 23.8 Å². The van der Waals surface area contributed by atoms with Crippen molar-refractivity contribution in [2.45, 2.75) is 24.8 Å². The Balaban J connectivity index is 2.03. The Kier molecular flexibility index (Phi) is 4.61. The molecular formula is C16H18FNS. The molecule has 0 aromatic heterocycles. The van der Waals surface area contributed by atoms with Crippen LogP contribution in [0.15, 0.2) is 47.4 Å². The molecule has 0 aliphatic carbocycles. The summed E-state index contributed by atoms with van der Waals surface area (Å²) >= 11 is 1.65. The molecule has 0 spiro atoms. The van der Waals surface area contributed by atoms with Gasteiger partial charge in [-0.25, -0.2) is 4.39 Å². The molecule has 0 fully saturated rings. The molecule has 0 amide bonds. The van der Waals surface area contributed by atoms with Crippen LogP contribution in [0.5, 0.6) is 0 Å². The van der Waals surface area contributed by atoms with Gasteiger partial charge in [0.05, 0.1) is 0 Å². The third-order valence-corrected chi connectivity index (χ3v) is 4.21. The topological polar surface area (TPSA) is 26.0 Å². The van der Waals surface area contributed by atoms with E-state index in [4.69, 9.17) is 5.73 Å². The van der Waals surface area contributed by atoms with E-state index in [9.17, 15) is 4.39 Å². The first-order valence-electron chi connectivity index (χ1n) is 6.27. The van der Waals surface area contributed by atoms with Crippen molar-refractivity contribution in [3.8, 4) is 0 Å². The van der Waals surface area contributed by atoms with Gasteiger partial charge in [-0.15, -0.1) is 11.8 Å². The summed E-state index contributed by atoms with van der Waals surface area (Å²) < 4.78 is 12.8. The van der Waals surface area contributed by atoms with Gasteiger partial charge in [0.25, 0.3) is 0 Å². The van der Waals surface area contributed by atoms with Crippen molar-refractivity contribution in [3.63, 3.8) is 0 Å². The predicted octanol–water partition coefficient (Wildman–Crippen LogP) is 4.23. The summed E-state index contributed by atoms with van der Waals surface area (Å²) in [7, 11) is 0. The van der Waals surface area contributed by atoms with E-state index >= 15 is 0 Å². The van der Waals surface area contributed by atoms with Gasteiger partial charge in [0.2, 0.25) is 0 Å². The van der Waals surface area contributed by atoms with E-state index in [1.807, 2.05) is 0 Å². The summed E-state index contributed by atoms with van der Waals surface area (Å²) in [5, 5.41) is 0. The Morgan fingerprint density at radius 2 is 1.79 bits per heavy atom. The third kappa shape index (κ3) is 3.82. The number of halogens is 1. The number of hydrogen-bond donors (Lipinski definition) is 1. The molecule has 0 saturated heterocycles. The summed E-state index contributed by atoms with van der Waals surface area (Å²) in [6.07, 6.45) is 0. The highest BCUT2D eigenvalue weighted by Crippen LogP contribution is 2.25. The zero-order chi connectivity index (χ0) is 13.8. The summed E-state index contributed by atoms with van der Waals surface area (Å²) in [5.74, 6) is 0.582. The number of thioether (sulfide) groups is 1. The fourth-order valence-electron chi connectivity index (χ4n) is 1.97. The highest BCUT2D eigenvalue weighted by Gasteiger charge is 2.09. The molecule has 0 bridgehead atoms. The first kappa shape index (κ1) is 14.1. The number of hydrogen-bond acceptors (Lipinski definition) is 2. The van der Waals surface area contributed by atoms with Crippen LogP contribution in [0, 0.1) is 19.7 Å². The van der Waals surface area contributed by atoms with E-state index in [-0.39, 0.29) is 11.9 Å². The molecule has 2 aromatic rings. The Morgan fingerprint density at radius 1 is 1.11 bits per heavy atom. The minimum Gasteiger partial charge on any atom is -0.323 e. The van der Waals surface area contributed by atoms with Gasteiger partial charge >= 0.3 is 0 Å². The van der Waals surface area contributed by atoms with Crippen molar-refractivity contribution in [1.29, 1.82) is 0 Å². The average Bonchev–Trinajstić information content (AvgIpc) is 2.40. The van der Waals surface area contributed by atoms with E-state index in [0.29, 0.717) is 0 Å². The second-order valence-electron chi connectivity index (χ2n) is 4.73. The molecule has 2 aromatic carbocycles. The van der Waals surface area contributed by atoms with Crippen LogP contribution in [-0.4, -0.2) is 5.75 Å². The molecule has 3 heteroatoms. The van der Waals surface area contributed by atoms with E-state index < -0.39 is 0 Å². The molecule has 0 heterocycles. The fraction of sp³-hybridized carbons (Fsp3) is 0.250. The van der Waals surface area contributed by atoms with Crippen molar-refractivity contribution < 1.29 is 4.39 Å². The van der Waals surface area contributed by atoms with Crippen LogP contribution in [0.3, 0.4) is 0 Å². The van der Waals surface area contributed by atoms with Crippen molar-refractivity contribution >= 4 is 11.8 Å². The van der Waals surface area contributed by atoms with E-state index in [1.165, 1.54) is 28.8 Å². The molecule has 1 atom stereocenters. The number of aryl methyl sites for hydroxylation is 2. The smallest absolute Gasteiger partial charge is 0.123 e. The lowest BCUT2D eigenvalue weighted by Crippen LogP contribution is -2.14. The molecule has 100 valence electrons. The van der Waals surface area contributed by atoms with Crippen LogP contribution < -0.4 is 5.73 Å². The van der Waals surface area contributed by atoms with Gasteiger partial charge in [0.15, 0.2) is 0 Å². The standard InChI is InChI=1S/C16H18FNS/c1-11-3-4-12(2)15(9-11)16(18)10-19-14-7-5-13(17)6-8-14/h3-9,16H,10,18H2,1-2H3. The lowest BCUT2D eigenvalue weighted by atomic mass is 10.0.